The lowest BCUT2D eigenvalue weighted by atomic mass is 9.93. The fourth-order valence-electron chi connectivity index (χ4n) is 4.07. The summed E-state index contributed by atoms with van der Waals surface area (Å²) < 4.78 is 41.1. The van der Waals surface area contributed by atoms with Gasteiger partial charge >= 0.3 is 6.18 Å². The van der Waals surface area contributed by atoms with Crippen LogP contribution in [-0.2, 0) is 16.1 Å². The summed E-state index contributed by atoms with van der Waals surface area (Å²) in [6, 6.07) is 5.87. The summed E-state index contributed by atoms with van der Waals surface area (Å²) >= 11 is 5.89. The van der Waals surface area contributed by atoms with Crippen LogP contribution in [0, 0.1) is 0 Å². The Hall–Kier alpha value is -3.27. The molecule has 1 saturated heterocycles. The highest BCUT2D eigenvalue weighted by Crippen LogP contribution is 2.40. The second-order valence-corrected chi connectivity index (χ2v) is 8.27. The zero-order valence-electron chi connectivity index (χ0n) is 17.0. The van der Waals surface area contributed by atoms with Crippen LogP contribution in [0.1, 0.15) is 57.2 Å². The van der Waals surface area contributed by atoms with Gasteiger partial charge < -0.3 is 4.90 Å². The molecular formula is C22H17ClF3N3O4. The Kier molecular flexibility index (Phi) is 5.96. The van der Waals surface area contributed by atoms with Crippen LogP contribution in [0.5, 0.6) is 0 Å². The van der Waals surface area contributed by atoms with Gasteiger partial charge in [0.1, 0.15) is 12.0 Å². The molecule has 7 nitrogen and oxygen atoms in total. The molecule has 2 aromatic rings. The van der Waals surface area contributed by atoms with Gasteiger partial charge in [0.15, 0.2) is 5.78 Å². The van der Waals surface area contributed by atoms with E-state index in [0.717, 1.165) is 0 Å². The Morgan fingerprint density at radius 2 is 2.00 bits per heavy atom. The number of carbonyl (C=O) groups excluding carboxylic acids is 4. The van der Waals surface area contributed by atoms with Gasteiger partial charge in [-0.25, -0.2) is 0 Å². The summed E-state index contributed by atoms with van der Waals surface area (Å²) in [7, 11) is 0. The first-order chi connectivity index (χ1) is 15.6. The number of ketones is 1. The molecular weight excluding hydrogens is 463 g/mol. The fraction of sp³-hybridized carbons (Fsp3) is 0.318. The molecule has 0 radical (unpaired) electrons. The van der Waals surface area contributed by atoms with Crippen LogP contribution < -0.4 is 5.32 Å². The first-order valence-corrected chi connectivity index (χ1v) is 10.4. The second kappa shape index (κ2) is 8.58. The van der Waals surface area contributed by atoms with Gasteiger partial charge in [-0.15, -0.1) is 0 Å². The molecule has 0 saturated carbocycles. The number of amides is 3. The van der Waals surface area contributed by atoms with Gasteiger partial charge in [-0.05, 0) is 36.2 Å². The maximum Gasteiger partial charge on any atom is 0.397 e. The number of aromatic nitrogens is 1. The summed E-state index contributed by atoms with van der Waals surface area (Å²) in [6.07, 6.45) is -4.20. The molecule has 3 amide bonds. The zero-order chi connectivity index (χ0) is 23.9. The van der Waals surface area contributed by atoms with Gasteiger partial charge in [0, 0.05) is 36.7 Å². The van der Waals surface area contributed by atoms with E-state index < -0.39 is 53.8 Å². The Labute approximate surface area is 190 Å². The minimum Gasteiger partial charge on any atom is -0.322 e. The Morgan fingerprint density at radius 3 is 2.67 bits per heavy atom. The van der Waals surface area contributed by atoms with Gasteiger partial charge in [0.2, 0.25) is 11.8 Å². The maximum absolute atomic E-state index is 13.7. The Morgan fingerprint density at radius 1 is 1.24 bits per heavy atom. The number of pyridine rings is 1. The van der Waals surface area contributed by atoms with Crippen molar-refractivity contribution in [2.75, 3.05) is 0 Å². The van der Waals surface area contributed by atoms with Crippen molar-refractivity contribution in [3.05, 3.63) is 63.9 Å². The summed E-state index contributed by atoms with van der Waals surface area (Å²) in [5.74, 6) is -4.40. The van der Waals surface area contributed by atoms with Crippen LogP contribution in [0.2, 0.25) is 5.02 Å². The first-order valence-electron chi connectivity index (χ1n) is 10.0. The molecule has 33 heavy (non-hydrogen) atoms. The van der Waals surface area contributed by atoms with Crippen molar-refractivity contribution in [3.63, 3.8) is 0 Å². The molecule has 2 aliphatic rings. The van der Waals surface area contributed by atoms with E-state index in [9.17, 15) is 32.3 Å². The average molecular weight is 480 g/mol. The molecule has 2 aliphatic heterocycles. The number of nitrogens with one attached hydrogen (secondary N) is 1. The summed E-state index contributed by atoms with van der Waals surface area (Å²) in [6.45, 7) is 0.0103. The van der Waals surface area contributed by atoms with Gasteiger partial charge in [-0.1, -0.05) is 17.7 Å². The molecule has 1 aromatic carbocycles. The van der Waals surface area contributed by atoms with Crippen LogP contribution in [0.3, 0.4) is 0 Å². The number of fused-ring (bicyclic) bond motifs is 1. The van der Waals surface area contributed by atoms with Crippen molar-refractivity contribution in [3.8, 4) is 0 Å². The SMILES string of the molecule is O=C1CCC(N2Cc3cc(C(=O)C[C@H](c4ncccc4Cl)C(F)(F)F)ccc3C2=O)C(=O)N1. The third kappa shape index (κ3) is 4.47. The van der Waals surface area contributed by atoms with Crippen LogP contribution in [-0.4, -0.2) is 45.6 Å². The highest BCUT2D eigenvalue weighted by Gasteiger charge is 2.44. The number of Topliss-reactive ketones (excluding diaryl/α,β-unsaturated/α-hetero) is 1. The van der Waals surface area contributed by atoms with Gasteiger partial charge in [0.25, 0.3) is 5.91 Å². The van der Waals surface area contributed by atoms with Crippen molar-refractivity contribution >= 4 is 35.1 Å². The lowest BCUT2D eigenvalue weighted by Gasteiger charge is -2.29. The van der Waals surface area contributed by atoms with Crippen molar-refractivity contribution in [2.24, 2.45) is 0 Å². The van der Waals surface area contributed by atoms with E-state index >= 15 is 0 Å². The number of benzene rings is 1. The van der Waals surface area contributed by atoms with E-state index in [1.54, 1.807) is 0 Å². The number of rotatable bonds is 5. The van der Waals surface area contributed by atoms with E-state index in [1.807, 2.05) is 0 Å². The smallest absolute Gasteiger partial charge is 0.322 e. The number of imide groups is 1. The minimum atomic E-state index is -4.75. The van der Waals surface area contributed by atoms with E-state index in [-0.39, 0.29) is 35.5 Å². The number of nitrogens with zero attached hydrogens (tertiary/aromatic N) is 2. The standard InChI is InChI=1S/C22H17ClF3N3O4/c23-15-2-1-7-27-19(15)14(22(24,25)26)9-17(30)11-3-4-13-12(8-11)10-29(21(13)33)16-5-6-18(31)28-20(16)32/h1-4,7-8,14,16H,5-6,9-10H2,(H,28,31,32)/t14-,16?/m1/s1. The highest BCUT2D eigenvalue weighted by atomic mass is 35.5. The monoisotopic (exact) mass is 479 g/mol. The molecule has 4 rings (SSSR count). The van der Waals surface area contributed by atoms with Crippen molar-refractivity contribution in [1.29, 1.82) is 0 Å². The summed E-state index contributed by atoms with van der Waals surface area (Å²) in [5, 5.41) is 2.00. The number of halogens is 4. The van der Waals surface area contributed by atoms with Crippen LogP contribution in [0.15, 0.2) is 36.5 Å². The summed E-state index contributed by atoms with van der Waals surface area (Å²) in [5.41, 5.74) is 0.264. The van der Waals surface area contributed by atoms with Crippen LogP contribution in [0.4, 0.5) is 13.2 Å². The number of piperidine rings is 1. The van der Waals surface area contributed by atoms with Crippen molar-refractivity contribution in [2.45, 2.75) is 43.9 Å². The summed E-state index contributed by atoms with van der Waals surface area (Å²) in [4.78, 5) is 54.0. The molecule has 0 aliphatic carbocycles. The average Bonchev–Trinajstić information content (AvgIpc) is 3.07. The van der Waals surface area contributed by atoms with E-state index in [1.165, 1.54) is 41.4 Å². The molecule has 1 unspecified atom stereocenters. The molecule has 3 heterocycles. The molecule has 172 valence electrons. The van der Waals surface area contributed by atoms with Gasteiger partial charge in [-0.3, -0.25) is 29.5 Å². The van der Waals surface area contributed by atoms with E-state index in [2.05, 4.69) is 10.3 Å². The predicted octanol–water partition coefficient (Wildman–Crippen LogP) is 3.41. The Balaban J connectivity index is 1.56. The largest absolute Gasteiger partial charge is 0.397 e. The molecule has 0 bridgehead atoms. The predicted molar refractivity (Wildman–Crippen MR) is 109 cm³/mol. The first kappa shape index (κ1) is 22.9. The molecule has 11 heteroatoms. The molecule has 1 aromatic heterocycles. The van der Waals surface area contributed by atoms with Gasteiger partial charge in [0.05, 0.1) is 10.7 Å². The van der Waals surface area contributed by atoms with Crippen LogP contribution >= 0.6 is 11.6 Å². The van der Waals surface area contributed by atoms with E-state index in [4.69, 9.17) is 11.6 Å². The van der Waals surface area contributed by atoms with Gasteiger partial charge in [-0.2, -0.15) is 13.2 Å². The lowest BCUT2D eigenvalue weighted by Crippen LogP contribution is -2.52. The molecule has 0 spiro atoms. The zero-order valence-corrected chi connectivity index (χ0v) is 17.7. The van der Waals surface area contributed by atoms with E-state index in [0.29, 0.717) is 5.56 Å². The van der Waals surface area contributed by atoms with Crippen LogP contribution in [0.25, 0.3) is 0 Å². The quantitative estimate of drug-likeness (QED) is 0.523. The minimum absolute atomic E-state index is 0.00739. The third-order valence-corrected chi connectivity index (χ3v) is 6.07. The maximum atomic E-state index is 13.7. The number of alkyl halides is 3. The topological polar surface area (TPSA) is 96.4 Å². The highest BCUT2D eigenvalue weighted by molar-refractivity contribution is 6.31. The van der Waals surface area contributed by atoms with Crippen molar-refractivity contribution < 1.29 is 32.3 Å². The molecule has 1 N–H and O–H groups in total. The molecule has 1 fully saturated rings. The normalized spacial score (nSPS) is 19.3. The Bertz CT molecular complexity index is 1170. The number of hydrogen-bond donors (Lipinski definition) is 1. The molecule has 2 atom stereocenters. The fourth-order valence-corrected chi connectivity index (χ4v) is 4.33. The number of hydrogen-bond acceptors (Lipinski definition) is 5. The second-order valence-electron chi connectivity index (χ2n) is 7.86. The lowest BCUT2D eigenvalue weighted by molar-refractivity contribution is -0.150. The van der Waals surface area contributed by atoms with Crippen molar-refractivity contribution in [1.82, 2.24) is 15.2 Å². The number of carbonyl (C=O) groups is 4. The third-order valence-electron chi connectivity index (χ3n) is 5.75.